The van der Waals surface area contributed by atoms with Crippen LogP contribution in [0.15, 0.2) is 0 Å². The van der Waals surface area contributed by atoms with E-state index < -0.39 is 0 Å². The minimum Gasteiger partial charge on any atom is -0.461 e. The first-order valence-corrected chi connectivity index (χ1v) is 3.33. The molecule has 0 aromatic heterocycles. The Morgan fingerprint density at radius 3 is 2.22 bits per heavy atom. The summed E-state index contributed by atoms with van der Waals surface area (Å²) in [7, 11) is 0. The van der Waals surface area contributed by atoms with Crippen LogP contribution in [-0.2, 0) is 9.53 Å². The maximum absolute atomic E-state index is 10.7. The predicted octanol–water partition coefficient (Wildman–Crippen LogP) is 1.20. The highest BCUT2D eigenvalue weighted by Gasteiger charge is 2.40. The van der Waals surface area contributed by atoms with Gasteiger partial charge in [0.1, 0.15) is 6.10 Å². The van der Waals surface area contributed by atoms with E-state index in [1.54, 1.807) is 0 Å². The van der Waals surface area contributed by atoms with Crippen molar-refractivity contribution in [3.63, 3.8) is 0 Å². The molecule has 1 unspecified atom stereocenters. The van der Waals surface area contributed by atoms with E-state index in [4.69, 9.17) is 4.74 Å². The Labute approximate surface area is 55.2 Å². The molecule has 0 aromatic carbocycles. The number of carbonyl (C=O) groups excluding carboxylic acids is 1. The molecule has 0 spiro atoms. The van der Waals surface area contributed by atoms with E-state index in [2.05, 4.69) is 0 Å². The molecule has 0 radical (unpaired) electrons. The summed E-state index contributed by atoms with van der Waals surface area (Å²) in [5.74, 6) is 0.559. The fourth-order valence-corrected chi connectivity index (χ4v) is 1.27. The van der Waals surface area contributed by atoms with Gasteiger partial charge in [-0.15, -0.1) is 0 Å². The van der Waals surface area contributed by atoms with Gasteiger partial charge in [0.25, 0.3) is 0 Å². The molecule has 0 bridgehead atoms. The molecule has 1 aliphatic heterocycles. The van der Waals surface area contributed by atoms with Crippen LogP contribution in [0.5, 0.6) is 0 Å². The van der Waals surface area contributed by atoms with Gasteiger partial charge in [-0.2, -0.15) is 0 Å². The maximum atomic E-state index is 10.7. The zero-order valence-electron chi connectivity index (χ0n) is 6.05. The molecule has 1 fully saturated rings. The molecule has 2 heteroatoms. The van der Waals surface area contributed by atoms with Crippen molar-refractivity contribution in [2.24, 2.45) is 11.8 Å². The van der Waals surface area contributed by atoms with Crippen LogP contribution in [0.1, 0.15) is 20.8 Å². The van der Waals surface area contributed by atoms with E-state index in [9.17, 15) is 4.79 Å². The van der Waals surface area contributed by atoms with Gasteiger partial charge in [-0.05, 0) is 12.8 Å². The maximum Gasteiger partial charge on any atom is 0.313 e. The van der Waals surface area contributed by atoms with Crippen molar-refractivity contribution in [2.75, 3.05) is 0 Å². The lowest BCUT2D eigenvalue weighted by Gasteiger charge is -2.34. The summed E-state index contributed by atoms with van der Waals surface area (Å²) in [6.45, 7) is 6.02. The number of hydrogen-bond donors (Lipinski definition) is 0. The first kappa shape index (κ1) is 6.59. The van der Waals surface area contributed by atoms with Gasteiger partial charge in [-0.1, -0.05) is 13.8 Å². The standard InChI is InChI=1S/C7H12O2/c1-4(2)6-5(3)9-7(6)8/h4-6H,1-3H3/t5-,6?/m1/s1. The number of hydrogen-bond acceptors (Lipinski definition) is 2. The summed E-state index contributed by atoms with van der Waals surface area (Å²) < 4.78 is 4.77. The van der Waals surface area contributed by atoms with Crippen LogP contribution < -0.4 is 0 Å². The Morgan fingerprint density at radius 2 is 2.11 bits per heavy atom. The molecule has 0 aliphatic carbocycles. The number of rotatable bonds is 1. The number of ether oxygens (including phenoxy) is 1. The first-order valence-electron chi connectivity index (χ1n) is 3.33. The molecule has 1 aliphatic rings. The molecular formula is C7H12O2. The molecule has 2 atom stereocenters. The van der Waals surface area contributed by atoms with Crippen LogP contribution in [0.3, 0.4) is 0 Å². The monoisotopic (exact) mass is 128 g/mol. The first-order chi connectivity index (χ1) is 4.13. The summed E-state index contributed by atoms with van der Waals surface area (Å²) in [5, 5.41) is 0. The molecule has 0 amide bonds. The lowest BCUT2D eigenvalue weighted by molar-refractivity contribution is -0.186. The average molecular weight is 128 g/mol. The van der Waals surface area contributed by atoms with E-state index in [-0.39, 0.29) is 18.0 Å². The molecule has 0 aromatic rings. The lowest BCUT2D eigenvalue weighted by Crippen LogP contribution is -2.45. The Balaban J connectivity index is 2.49. The van der Waals surface area contributed by atoms with E-state index in [1.807, 2.05) is 20.8 Å². The highest BCUT2D eigenvalue weighted by atomic mass is 16.6. The van der Waals surface area contributed by atoms with E-state index in [0.717, 1.165) is 0 Å². The highest BCUT2D eigenvalue weighted by Crippen LogP contribution is 2.28. The van der Waals surface area contributed by atoms with Crippen LogP contribution in [0.4, 0.5) is 0 Å². The van der Waals surface area contributed by atoms with Crippen molar-refractivity contribution in [3.05, 3.63) is 0 Å². The normalized spacial score (nSPS) is 34.0. The van der Waals surface area contributed by atoms with E-state index in [0.29, 0.717) is 5.92 Å². The van der Waals surface area contributed by atoms with Gasteiger partial charge in [0, 0.05) is 0 Å². The third-order valence-electron chi connectivity index (χ3n) is 1.80. The fraction of sp³-hybridized carbons (Fsp3) is 0.857. The van der Waals surface area contributed by atoms with Crippen LogP contribution in [-0.4, -0.2) is 12.1 Å². The van der Waals surface area contributed by atoms with Crippen molar-refractivity contribution < 1.29 is 9.53 Å². The predicted molar refractivity (Wildman–Crippen MR) is 33.9 cm³/mol. The van der Waals surface area contributed by atoms with Crippen molar-refractivity contribution in [3.8, 4) is 0 Å². The van der Waals surface area contributed by atoms with Gasteiger partial charge in [0.2, 0.25) is 0 Å². The molecule has 2 nitrogen and oxygen atoms in total. The second kappa shape index (κ2) is 2.01. The summed E-state index contributed by atoms with van der Waals surface area (Å²) in [5.41, 5.74) is 0. The molecule has 0 N–H and O–H groups in total. The van der Waals surface area contributed by atoms with Crippen molar-refractivity contribution in [2.45, 2.75) is 26.9 Å². The second-order valence-electron chi connectivity index (χ2n) is 2.91. The van der Waals surface area contributed by atoms with Crippen LogP contribution in [0, 0.1) is 11.8 Å². The van der Waals surface area contributed by atoms with Gasteiger partial charge in [-0.25, -0.2) is 0 Å². The topological polar surface area (TPSA) is 26.3 Å². The van der Waals surface area contributed by atoms with Gasteiger partial charge in [-0.3, -0.25) is 4.79 Å². The van der Waals surface area contributed by atoms with E-state index in [1.165, 1.54) is 0 Å². The Kier molecular flexibility index (Phi) is 1.47. The molecule has 1 heterocycles. The van der Waals surface area contributed by atoms with Crippen LogP contribution in [0.25, 0.3) is 0 Å². The fourth-order valence-electron chi connectivity index (χ4n) is 1.27. The zero-order valence-corrected chi connectivity index (χ0v) is 6.05. The summed E-state index contributed by atoms with van der Waals surface area (Å²) >= 11 is 0. The van der Waals surface area contributed by atoms with E-state index >= 15 is 0 Å². The summed E-state index contributed by atoms with van der Waals surface area (Å²) in [6.07, 6.45) is 0.150. The minimum atomic E-state index is -0.0301. The number of esters is 1. The Bertz CT molecular complexity index is 124. The smallest absolute Gasteiger partial charge is 0.313 e. The van der Waals surface area contributed by atoms with Gasteiger partial charge >= 0.3 is 5.97 Å². The Morgan fingerprint density at radius 1 is 1.56 bits per heavy atom. The van der Waals surface area contributed by atoms with Crippen LogP contribution >= 0.6 is 0 Å². The van der Waals surface area contributed by atoms with Crippen molar-refractivity contribution >= 4 is 5.97 Å². The number of cyclic esters (lactones) is 1. The second-order valence-corrected chi connectivity index (χ2v) is 2.91. The largest absolute Gasteiger partial charge is 0.461 e. The number of carbonyl (C=O) groups is 1. The van der Waals surface area contributed by atoms with Crippen molar-refractivity contribution in [1.29, 1.82) is 0 Å². The van der Waals surface area contributed by atoms with Crippen molar-refractivity contribution in [1.82, 2.24) is 0 Å². The third-order valence-corrected chi connectivity index (χ3v) is 1.80. The highest BCUT2D eigenvalue weighted by molar-refractivity contribution is 5.78. The quantitative estimate of drug-likeness (QED) is 0.496. The molecule has 1 rings (SSSR count). The van der Waals surface area contributed by atoms with Gasteiger partial charge in [0.15, 0.2) is 0 Å². The molecule has 52 valence electrons. The van der Waals surface area contributed by atoms with Crippen LogP contribution in [0.2, 0.25) is 0 Å². The SMILES string of the molecule is CC(C)C1C(=O)O[C@@H]1C. The Hall–Kier alpha value is -0.530. The third kappa shape index (κ3) is 0.934. The summed E-state index contributed by atoms with van der Waals surface area (Å²) in [4.78, 5) is 10.7. The molecular weight excluding hydrogens is 116 g/mol. The minimum absolute atomic E-state index is 0.0301. The molecule has 9 heavy (non-hydrogen) atoms. The van der Waals surface area contributed by atoms with Gasteiger partial charge < -0.3 is 4.74 Å². The lowest BCUT2D eigenvalue weighted by atomic mass is 9.87. The molecule has 0 saturated carbocycles. The zero-order chi connectivity index (χ0) is 7.02. The van der Waals surface area contributed by atoms with Gasteiger partial charge in [0.05, 0.1) is 5.92 Å². The average Bonchev–Trinajstić information content (AvgIpc) is 1.62. The molecule has 1 saturated heterocycles. The summed E-state index contributed by atoms with van der Waals surface area (Å²) in [6, 6.07) is 0.